The predicted molar refractivity (Wildman–Crippen MR) is 72.9 cm³/mol. The van der Waals surface area contributed by atoms with Gasteiger partial charge in [-0.1, -0.05) is 17.7 Å². The van der Waals surface area contributed by atoms with E-state index in [1.165, 1.54) is 6.07 Å². The van der Waals surface area contributed by atoms with Crippen molar-refractivity contribution in [3.05, 3.63) is 58.5 Å². The third-order valence-corrected chi connectivity index (χ3v) is 2.92. The van der Waals surface area contributed by atoms with Crippen LogP contribution in [0.2, 0.25) is 0 Å². The first kappa shape index (κ1) is 16.6. The van der Waals surface area contributed by atoms with Crippen molar-refractivity contribution in [3.8, 4) is 0 Å². The molecule has 0 aliphatic rings. The number of hydrogen-bond donors (Lipinski definition) is 1. The molecule has 1 aromatic carbocycles. The molecule has 1 atom stereocenters. The number of nitrogens with two attached hydrogens (primary N) is 1. The quantitative estimate of drug-likeness (QED) is 0.894. The lowest BCUT2D eigenvalue weighted by Crippen LogP contribution is -2.18. The van der Waals surface area contributed by atoms with E-state index < -0.39 is 17.8 Å². The Balaban J connectivity index is 0.00000200. The van der Waals surface area contributed by atoms with Gasteiger partial charge < -0.3 is 10.2 Å². The van der Waals surface area contributed by atoms with Gasteiger partial charge in [-0.3, -0.25) is 0 Å². The number of rotatable bonds is 2. The van der Waals surface area contributed by atoms with Crippen molar-refractivity contribution in [1.82, 2.24) is 0 Å². The lowest BCUT2D eigenvalue weighted by atomic mass is 9.97. The van der Waals surface area contributed by atoms with E-state index in [4.69, 9.17) is 10.2 Å². The molecule has 0 saturated carbocycles. The maximum Gasteiger partial charge on any atom is 0.416 e. The summed E-state index contributed by atoms with van der Waals surface area (Å²) in [5.41, 5.74) is 5.73. The van der Waals surface area contributed by atoms with Crippen LogP contribution in [-0.2, 0) is 6.18 Å². The van der Waals surface area contributed by atoms with Crippen molar-refractivity contribution >= 4 is 12.4 Å². The van der Waals surface area contributed by atoms with Gasteiger partial charge in [-0.05, 0) is 37.6 Å². The largest absolute Gasteiger partial charge is 0.464 e. The molecule has 6 heteroatoms. The Kier molecular flexibility index (Phi) is 4.89. The summed E-state index contributed by atoms with van der Waals surface area (Å²) in [5, 5.41) is 0. The zero-order valence-corrected chi connectivity index (χ0v) is 11.8. The van der Waals surface area contributed by atoms with Crippen LogP contribution < -0.4 is 5.73 Å². The van der Waals surface area contributed by atoms with E-state index >= 15 is 0 Å². The summed E-state index contributed by atoms with van der Waals surface area (Å²) >= 11 is 0. The molecule has 2 rings (SSSR count). The highest BCUT2D eigenvalue weighted by Gasteiger charge is 2.35. The number of benzene rings is 1. The van der Waals surface area contributed by atoms with Crippen LogP contribution in [0.4, 0.5) is 13.2 Å². The molecule has 0 saturated heterocycles. The van der Waals surface area contributed by atoms with Crippen LogP contribution in [0.5, 0.6) is 0 Å². The minimum Gasteiger partial charge on any atom is -0.464 e. The normalized spacial score (nSPS) is 12.9. The second-order valence-corrected chi connectivity index (χ2v) is 4.51. The van der Waals surface area contributed by atoms with Crippen LogP contribution in [0, 0.1) is 13.8 Å². The minimum atomic E-state index is -4.43. The maximum absolute atomic E-state index is 13.0. The smallest absolute Gasteiger partial charge is 0.416 e. The SMILES string of the molecule is Cc1ccc([C@H](N)c2ccc(C)o2)c(C(F)(F)F)c1.Cl. The average molecular weight is 306 g/mol. The van der Waals surface area contributed by atoms with Crippen LogP contribution in [0.15, 0.2) is 34.7 Å². The van der Waals surface area contributed by atoms with Crippen LogP contribution in [0.25, 0.3) is 0 Å². The fraction of sp³-hybridized carbons (Fsp3) is 0.286. The number of hydrogen-bond acceptors (Lipinski definition) is 2. The summed E-state index contributed by atoms with van der Waals surface area (Å²) in [4.78, 5) is 0. The summed E-state index contributed by atoms with van der Waals surface area (Å²) in [6.07, 6.45) is -4.43. The molecule has 1 aromatic heterocycles. The van der Waals surface area contributed by atoms with Gasteiger partial charge in [0.15, 0.2) is 0 Å². The van der Waals surface area contributed by atoms with E-state index in [-0.39, 0.29) is 18.0 Å². The molecule has 0 aliphatic heterocycles. The Labute approximate surface area is 121 Å². The summed E-state index contributed by atoms with van der Waals surface area (Å²) < 4.78 is 44.4. The molecule has 2 nitrogen and oxygen atoms in total. The minimum absolute atomic E-state index is 0. The van der Waals surface area contributed by atoms with Gasteiger partial charge in [-0.2, -0.15) is 13.2 Å². The van der Waals surface area contributed by atoms with E-state index in [9.17, 15) is 13.2 Å². The van der Waals surface area contributed by atoms with E-state index in [1.54, 1.807) is 32.0 Å². The van der Waals surface area contributed by atoms with E-state index in [2.05, 4.69) is 0 Å². The number of aryl methyl sites for hydroxylation is 2. The van der Waals surface area contributed by atoms with E-state index in [0.717, 1.165) is 6.07 Å². The summed E-state index contributed by atoms with van der Waals surface area (Å²) in [7, 11) is 0. The highest BCUT2D eigenvalue weighted by atomic mass is 35.5. The third kappa shape index (κ3) is 3.35. The van der Waals surface area contributed by atoms with Crippen molar-refractivity contribution in [2.45, 2.75) is 26.1 Å². The zero-order chi connectivity index (χ0) is 14.2. The van der Waals surface area contributed by atoms with Gasteiger partial charge in [0.05, 0.1) is 11.6 Å². The number of halogens is 4. The fourth-order valence-corrected chi connectivity index (χ4v) is 1.96. The lowest BCUT2D eigenvalue weighted by Gasteiger charge is -2.17. The van der Waals surface area contributed by atoms with Crippen LogP contribution in [0.1, 0.15) is 34.3 Å². The topological polar surface area (TPSA) is 39.2 Å². The summed E-state index contributed by atoms with van der Waals surface area (Å²) in [6.45, 7) is 3.33. The summed E-state index contributed by atoms with van der Waals surface area (Å²) in [5.74, 6) is 0.943. The first-order chi connectivity index (χ1) is 8.79. The number of furan rings is 1. The van der Waals surface area contributed by atoms with E-state index in [1.807, 2.05) is 0 Å². The molecule has 110 valence electrons. The Morgan fingerprint density at radius 2 is 1.75 bits per heavy atom. The summed E-state index contributed by atoms with van der Waals surface area (Å²) in [6, 6.07) is 6.47. The molecule has 0 amide bonds. The van der Waals surface area contributed by atoms with Crippen molar-refractivity contribution in [2.24, 2.45) is 5.73 Å². The molecular weight excluding hydrogens is 291 g/mol. The molecule has 2 N–H and O–H groups in total. The third-order valence-electron chi connectivity index (χ3n) is 2.92. The second kappa shape index (κ2) is 5.89. The number of alkyl halides is 3. The molecule has 0 aliphatic carbocycles. The lowest BCUT2D eigenvalue weighted by molar-refractivity contribution is -0.138. The van der Waals surface area contributed by atoms with Crippen molar-refractivity contribution < 1.29 is 17.6 Å². The molecule has 0 unspecified atom stereocenters. The highest BCUT2D eigenvalue weighted by Crippen LogP contribution is 2.36. The van der Waals surface area contributed by atoms with Gasteiger partial charge in [0.2, 0.25) is 0 Å². The highest BCUT2D eigenvalue weighted by molar-refractivity contribution is 5.85. The van der Waals surface area contributed by atoms with Crippen LogP contribution in [0.3, 0.4) is 0 Å². The predicted octanol–water partition coefficient (Wildman–Crippen LogP) is 4.39. The standard InChI is InChI=1S/C14H14F3NO.ClH/c1-8-3-5-10(11(7-8)14(15,16)17)13(18)12-6-4-9(2)19-12;/h3-7,13H,18H2,1-2H3;1H/t13-;/m0./s1. The van der Waals surface area contributed by atoms with Gasteiger partial charge in [0.1, 0.15) is 11.5 Å². The molecular formula is C14H15ClF3NO. The molecule has 1 heterocycles. The average Bonchev–Trinajstić information content (AvgIpc) is 2.74. The fourth-order valence-electron chi connectivity index (χ4n) is 1.96. The Hall–Kier alpha value is -1.46. The first-order valence-corrected chi connectivity index (χ1v) is 5.78. The van der Waals surface area contributed by atoms with Gasteiger partial charge in [-0.15, -0.1) is 12.4 Å². The Morgan fingerprint density at radius 3 is 2.25 bits per heavy atom. The van der Waals surface area contributed by atoms with Crippen LogP contribution >= 0.6 is 12.4 Å². The molecule has 0 bridgehead atoms. The van der Waals surface area contributed by atoms with Gasteiger partial charge in [-0.25, -0.2) is 0 Å². The van der Waals surface area contributed by atoms with Crippen molar-refractivity contribution in [1.29, 1.82) is 0 Å². The van der Waals surface area contributed by atoms with Crippen molar-refractivity contribution in [3.63, 3.8) is 0 Å². The molecule has 0 fully saturated rings. The molecule has 2 aromatic rings. The molecule has 0 radical (unpaired) electrons. The van der Waals surface area contributed by atoms with Crippen LogP contribution in [-0.4, -0.2) is 0 Å². The Bertz CT molecular complexity index is 592. The van der Waals surface area contributed by atoms with Gasteiger partial charge in [0, 0.05) is 0 Å². The van der Waals surface area contributed by atoms with Gasteiger partial charge >= 0.3 is 6.18 Å². The first-order valence-electron chi connectivity index (χ1n) is 5.78. The maximum atomic E-state index is 13.0. The second-order valence-electron chi connectivity index (χ2n) is 4.51. The zero-order valence-electron chi connectivity index (χ0n) is 11.0. The van der Waals surface area contributed by atoms with E-state index in [0.29, 0.717) is 17.1 Å². The van der Waals surface area contributed by atoms with Crippen molar-refractivity contribution in [2.75, 3.05) is 0 Å². The van der Waals surface area contributed by atoms with Gasteiger partial charge in [0.25, 0.3) is 0 Å². The Morgan fingerprint density at radius 1 is 1.10 bits per heavy atom. The molecule has 0 spiro atoms. The molecule has 20 heavy (non-hydrogen) atoms. The monoisotopic (exact) mass is 305 g/mol.